The van der Waals surface area contributed by atoms with Crippen LogP contribution in [-0.2, 0) is 9.84 Å². The highest BCUT2D eigenvalue weighted by molar-refractivity contribution is 7.90. The van der Waals surface area contributed by atoms with Crippen molar-refractivity contribution in [3.63, 3.8) is 0 Å². The fourth-order valence-corrected chi connectivity index (χ4v) is 2.61. The number of rotatable bonds is 4. The third-order valence-corrected chi connectivity index (χ3v) is 4.15. The van der Waals surface area contributed by atoms with Gasteiger partial charge in [0.15, 0.2) is 9.84 Å². The van der Waals surface area contributed by atoms with Crippen LogP contribution in [0.1, 0.15) is 17.2 Å². The van der Waals surface area contributed by atoms with Crippen LogP contribution in [-0.4, -0.2) is 14.7 Å². The number of hydrogen-bond donors (Lipinski definition) is 2. The van der Waals surface area contributed by atoms with Crippen LogP contribution in [0.4, 0.5) is 4.39 Å². The predicted octanol–water partition coefficient (Wildman–Crippen LogP) is 1.78. The Balaban J connectivity index is 2.41. The summed E-state index contributed by atoms with van der Waals surface area (Å²) in [6, 6.07) is 12.0. The van der Waals surface area contributed by atoms with E-state index >= 15 is 0 Å². The Hall–Kier alpha value is -1.76. The Morgan fingerprint density at radius 3 is 2.20 bits per heavy atom. The smallest absolute Gasteiger partial charge is 0.175 e. The second kappa shape index (κ2) is 5.70. The zero-order chi connectivity index (χ0) is 14.8. The van der Waals surface area contributed by atoms with Crippen molar-refractivity contribution in [2.45, 2.75) is 10.9 Å². The average molecular weight is 294 g/mol. The van der Waals surface area contributed by atoms with Gasteiger partial charge >= 0.3 is 0 Å². The summed E-state index contributed by atoms with van der Waals surface area (Å²) in [7, 11) is -3.25. The highest BCUT2D eigenvalue weighted by Crippen LogP contribution is 2.24. The standard InChI is InChI=1S/C14H15FN2O2S/c1-20(18,19)11-8-6-10(7-9-11)14(17-16)12-4-2-3-5-13(12)15/h2-9,14,17H,16H2,1H3. The first-order valence-corrected chi connectivity index (χ1v) is 7.83. The number of nitrogens with one attached hydrogen (secondary N) is 1. The molecular weight excluding hydrogens is 279 g/mol. The minimum Gasteiger partial charge on any atom is -0.271 e. The molecule has 1 unspecified atom stereocenters. The fraction of sp³-hybridized carbons (Fsp3) is 0.143. The zero-order valence-corrected chi connectivity index (χ0v) is 11.7. The summed E-state index contributed by atoms with van der Waals surface area (Å²) in [5.41, 5.74) is 3.63. The van der Waals surface area contributed by atoms with Gasteiger partial charge in [0.2, 0.25) is 0 Å². The largest absolute Gasteiger partial charge is 0.271 e. The Kier molecular flexibility index (Phi) is 4.17. The number of halogens is 1. The Labute approximate surface area is 117 Å². The molecular formula is C14H15FN2O2S. The number of nitrogens with two attached hydrogens (primary N) is 1. The molecule has 0 fully saturated rings. The Morgan fingerprint density at radius 2 is 1.70 bits per heavy atom. The third-order valence-electron chi connectivity index (χ3n) is 3.02. The molecule has 3 N–H and O–H groups in total. The Bertz CT molecular complexity index is 699. The first kappa shape index (κ1) is 14.6. The highest BCUT2D eigenvalue weighted by Gasteiger charge is 2.17. The molecule has 0 bridgehead atoms. The van der Waals surface area contributed by atoms with Crippen LogP contribution in [0.15, 0.2) is 53.4 Å². The van der Waals surface area contributed by atoms with Gasteiger partial charge in [0.1, 0.15) is 5.82 Å². The summed E-state index contributed by atoms with van der Waals surface area (Å²) < 4.78 is 36.6. The van der Waals surface area contributed by atoms with Crippen molar-refractivity contribution in [1.29, 1.82) is 0 Å². The van der Waals surface area contributed by atoms with Crippen LogP contribution in [0.2, 0.25) is 0 Å². The molecule has 4 nitrogen and oxygen atoms in total. The van der Waals surface area contributed by atoms with E-state index in [1.165, 1.54) is 18.2 Å². The maximum absolute atomic E-state index is 13.8. The predicted molar refractivity (Wildman–Crippen MR) is 75.1 cm³/mol. The molecule has 2 aromatic carbocycles. The van der Waals surface area contributed by atoms with E-state index in [2.05, 4.69) is 5.43 Å². The Morgan fingerprint density at radius 1 is 1.10 bits per heavy atom. The van der Waals surface area contributed by atoms with Gasteiger partial charge in [-0.15, -0.1) is 0 Å². The van der Waals surface area contributed by atoms with Gasteiger partial charge in [0.25, 0.3) is 0 Å². The average Bonchev–Trinajstić information content (AvgIpc) is 2.41. The van der Waals surface area contributed by atoms with Gasteiger partial charge in [0.05, 0.1) is 10.9 Å². The van der Waals surface area contributed by atoms with Crippen LogP contribution in [0, 0.1) is 5.82 Å². The molecule has 1 atom stereocenters. The molecule has 0 spiro atoms. The molecule has 0 amide bonds. The summed E-state index contributed by atoms with van der Waals surface area (Å²) in [4.78, 5) is 0.213. The van der Waals surface area contributed by atoms with Gasteiger partial charge in [-0.1, -0.05) is 30.3 Å². The van der Waals surface area contributed by atoms with Crippen LogP contribution in [0.5, 0.6) is 0 Å². The SMILES string of the molecule is CS(=O)(=O)c1ccc(C(NN)c2ccccc2F)cc1. The molecule has 2 aromatic rings. The minimum absolute atomic E-state index is 0.213. The van der Waals surface area contributed by atoms with Gasteiger partial charge in [0, 0.05) is 11.8 Å². The van der Waals surface area contributed by atoms with E-state index in [4.69, 9.17) is 5.84 Å². The molecule has 0 aliphatic heterocycles. The third kappa shape index (κ3) is 3.04. The molecule has 0 radical (unpaired) electrons. The maximum Gasteiger partial charge on any atom is 0.175 e. The number of benzene rings is 2. The molecule has 0 aliphatic rings. The van der Waals surface area contributed by atoms with E-state index in [-0.39, 0.29) is 10.7 Å². The highest BCUT2D eigenvalue weighted by atomic mass is 32.2. The van der Waals surface area contributed by atoms with Crippen molar-refractivity contribution < 1.29 is 12.8 Å². The first-order chi connectivity index (χ1) is 9.43. The van der Waals surface area contributed by atoms with Crippen molar-refractivity contribution in [2.75, 3.05) is 6.26 Å². The van der Waals surface area contributed by atoms with Gasteiger partial charge in [-0.3, -0.25) is 5.84 Å². The maximum atomic E-state index is 13.8. The molecule has 0 aliphatic carbocycles. The summed E-state index contributed by atoms with van der Waals surface area (Å²) in [6.07, 6.45) is 1.14. The molecule has 20 heavy (non-hydrogen) atoms. The van der Waals surface area contributed by atoms with Crippen LogP contribution in [0.3, 0.4) is 0 Å². The summed E-state index contributed by atoms with van der Waals surface area (Å²) >= 11 is 0. The van der Waals surface area contributed by atoms with E-state index in [1.807, 2.05) is 0 Å². The number of hydrazine groups is 1. The zero-order valence-electron chi connectivity index (χ0n) is 10.9. The van der Waals surface area contributed by atoms with Crippen molar-refractivity contribution in [3.8, 4) is 0 Å². The normalized spacial score (nSPS) is 13.2. The second-order valence-electron chi connectivity index (χ2n) is 4.46. The van der Waals surface area contributed by atoms with Crippen molar-refractivity contribution in [2.24, 2.45) is 5.84 Å². The molecule has 0 saturated carbocycles. The van der Waals surface area contributed by atoms with Crippen molar-refractivity contribution in [3.05, 3.63) is 65.5 Å². The quantitative estimate of drug-likeness (QED) is 0.666. The minimum atomic E-state index is -3.25. The lowest BCUT2D eigenvalue weighted by Crippen LogP contribution is -2.29. The van der Waals surface area contributed by atoms with Crippen LogP contribution < -0.4 is 11.3 Å². The molecule has 0 heterocycles. The summed E-state index contributed by atoms with van der Waals surface area (Å²) in [6.45, 7) is 0. The monoisotopic (exact) mass is 294 g/mol. The van der Waals surface area contributed by atoms with Crippen molar-refractivity contribution in [1.82, 2.24) is 5.43 Å². The number of sulfone groups is 1. The van der Waals surface area contributed by atoms with E-state index in [1.54, 1.807) is 30.3 Å². The van der Waals surface area contributed by atoms with E-state index < -0.39 is 15.9 Å². The molecule has 6 heteroatoms. The lowest BCUT2D eigenvalue weighted by atomic mass is 9.99. The van der Waals surface area contributed by atoms with E-state index in [0.29, 0.717) is 11.1 Å². The molecule has 106 valence electrons. The molecule has 0 aromatic heterocycles. The van der Waals surface area contributed by atoms with Gasteiger partial charge < -0.3 is 0 Å². The van der Waals surface area contributed by atoms with Crippen LogP contribution >= 0.6 is 0 Å². The van der Waals surface area contributed by atoms with Crippen molar-refractivity contribution >= 4 is 9.84 Å². The fourth-order valence-electron chi connectivity index (χ4n) is 1.98. The van der Waals surface area contributed by atoms with E-state index in [0.717, 1.165) is 6.26 Å². The van der Waals surface area contributed by atoms with Gasteiger partial charge in [-0.05, 0) is 23.8 Å². The summed E-state index contributed by atoms with van der Waals surface area (Å²) in [5.74, 6) is 5.12. The lowest BCUT2D eigenvalue weighted by molar-refractivity contribution is 0.560. The van der Waals surface area contributed by atoms with Crippen LogP contribution in [0.25, 0.3) is 0 Å². The lowest BCUT2D eigenvalue weighted by Gasteiger charge is -2.17. The topological polar surface area (TPSA) is 72.2 Å². The number of hydrogen-bond acceptors (Lipinski definition) is 4. The van der Waals surface area contributed by atoms with E-state index in [9.17, 15) is 12.8 Å². The first-order valence-electron chi connectivity index (χ1n) is 5.94. The van der Waals surface area contributed by atoms with Gasteiger partial charge in [-0.2, -0.15) is 0 Å². The second-order valence-corrected chi connectivity index (χ2v) is 6.48. The molecule has 2 rings (SSSR count). The molecule has 0 saturated heterocycles. The van der Waals surface area contributed by atoms with Gasteiger partial charge in [-0.25, -0.2) is 18.2 Å². The summed E-state index contributed by atoms with van der Waals surface area (Å²) in [5, 5.41) is 0.